The van der Waals surface area contributed by atoms with Crippen molar-refractivity contribution in [1.82, 2.24) is 0 Å². The van der Waals surface area contributed by atoms with Gasteiger partial charge in [-0.1, -0.05) is 12.1 Å². The second-order valence-corrected chi connectivity index (χ2v) is 5.27. The van der Waals surface area contributed by atoms with E-state index in [9.17, 15) is 19.7 Å². The normalized spacial score (nSPS) is 11.3. The summed E-state index contributed by atoms with van der Waals surface area (Å²) in [6, 6.07) is 12.1. The monoisotopic (exact) mass is 358 g/mol. The van der Waals surface area contributed by atoms with Crippen molar-refractivity contribution in [3.05, 3.63) is 64.2 Å². The third-order valence-corrected chi connectivity index (χ3v) is 3.41. The molecule has 0 saturated heterocycles. The lowest BCUT2D eigenvalue weighted by atomic mass is 10.2. The molecule has 1 atom stereocenters. The second-order valence-electron chi connectivity index (χ2n) is 5.27. The Morgan fingerprint density at radius 2 is 1.81 bits per heavy atom. The van der Waals surface area contributed by atoms with Crippen molar-refractivity contribution < 1.29 is 24.0 Å². The summed E-state index contributed by atoms with van der Waals surface area (Å²) in [6.45, 7) is 3.78. The summed E-state index contributed by atoms with van der Waals surface area (Å²) in [6.07, 6.45) is -1.13. The topological polar surface area (TPSA) is 108 Å². The Labute approximate surface area is 149 Å². The van der Waals surface area contributed by atoms with E-state index < -0.39 is 22.9 Å². The number of para-hydroxylation sites is 1. The molecule has 0 saturated carbocycles. The minimum atomic E-state index is -1.13. The predicted octanol–water partition coefficient (Wildman–Crippen LogP) is 3.18. The van der Waals surface area contributed by atoms with Crippen molar-refractivity contribution in [1.29, 1.82) is 0 Å². The zero-order valence-electron chi connectivity index (χ0n) is 14.3. The molecular formula is C18H18N2O6. The molecule has 0 aliphatic carbocycles. The molecule has 0 aromatic heterocycles. The highest BCUT2D eigenvalue weighted by molar-refractivity contribution is 5.98. The largest absolute Gasteiger partial charge is 0.494 e. The van der Waals surface area contributed by atoms with Crippen LogP contribution in [0.1, 0.15) is 24.2 Å². The van der Waals surface area contributed by atoms with E-state index in [1.54, 1.807) is 24.3 Å². The fourth-order valence-electron chi connectivity index (χ4n) is 2.13. The number of ether oxygens (including phenoxy) is 2. The van der Waals surface area contributed by atoms with Crippen LogP contribution in [0.4, 0.5) is 11.4 Å². The average molecular weight is 358 g/mol. The zero-order valence-corrected chi connectivity index (χ0v) is 14.3. The number of hydrogen-bond donors (Lipinski definition) is 1. The molecular weight excluding hydrogens is 340 g/mol. The number of nitro groups is 1. The number of anilines is 1. The average Bonchev–Trinajstić information content (AvgIpc) is 2.63. The Hall–Kier alpha value is -3.42. The lowest BCUT2D eigenvalue weighted by molar-refractivity contribution is -0.385. The molecule has 0 fully saturated rings. The van der Waals surface area contributed by atoms with E-state index in [0.29, 0.717) is 18.0 Å². The standard InChI is InChI=1S/C18H18N2O6/c1-3-25-14-10-8-13(9-11-14)19-17(21)12(2)26-18(22)15-6-4-5-7-16(15)20(23)24/h4-12H,3H2,1-2H3,(H,19,21). The summed E-state index contributed by atoms with van der Waals surface area (Å²) < 4.78 is 10.4. The van der Waals surface area contributed by atoms with Crippen LogP contribution in [-0.2, 0) is 9.53 Å². The summed E-state index contributed by atoms with van der Waals surface area (Å²) in [5.74, 6) is -0.825. The molecule has 8 heteroatoms. The van der Waals surface area contributed by atoms with E-state index >= 15 is 0 Å². The van der Waals surface area contributed by atoms with Gasteiger partial charge in [0.1, 0.15) is 11.3 Å². The van der Waals surface area contributed by atoms with Gasteiger partial charge in [0.2, 0.25) is 0 Å². The Balaban J connectivity index is 2.00. The van der Waals surface area contributed by atoms with Gasteiger partial charge in [0.25, 0.3) is 11.6 Å². The number of benzene rings is 2. The lowest BCUT2D eigenvalue weighted by Gasteiger charge is -2.14. The summed E-state index contributed by atoms with van der Waals surface area (Å²) in [7, 11) is 0. The van der Waals surface area contributed by atoms with Crippen molar-refractivity contribution in [2.45, 2.75) is 20.0 Å². The Bertz CT molecular complexity index is 804. The van der Waals surface area contributed by atoms with E-state index in [1.165, 1.54) is 31.2 Å². The summed E-state index contributed by atoms with van der Waals surface area (Å²) >= 11 is 0. The third-order valence-electron chi connectivity index (χ3n) is 3.41. The van der Waals surface area contributed by atoms with Gasteiger partial charge in [0.15, 0.2) is 6.10 Å². The second kappa shape index (κ2) is 8.61. The Kier molecular flexibility index (Phi) is 6.26. The molecule has 0 spiro atoms. The van der Waals surface area contributed by atoms with E-state index in [-0.39, 0.29) is 11.3 Å². The molecule has 2 rings (SSSR count). The SMILES string of the molecule is CCOc1ccc(NC(=O)C(C)OC(=O)c2ccccc2[N+](=O)[O-])cc1. The summed E-state index contributed by atoms with van der Waals surface area (Å²) in [5, 5.41) is 13.6. The molecule has 2 aromatic carbocycles. The van der Waals surface area contributed by atoms with Gasteiger partial charge in [-0.25, -0.2) is 4.79 Å². The first-order valence-electron chi connectivity index (χ1n) is 7.90. The summed E-state index contributed by atoms with van der Waals surface area (Å²) in [4.78, 5) is 34.6. The number of esters is 1. The van der Waals surface area contributed by atoms with Crippen molar-refractivity contribution in [2.75, 3.05) is 11.9 Å². The molecule has 136 valence electrons. The van der Waals surface area contributed by atoms with Crippen LogP contribution in [0.15, 0.2) is 48.5 Å². The van der Waals surface area contributed by atoms with Gasteiger partial charge in [0, 0.05) is 11.8 Å². The molecule has 8 nitrogen and oxygen atoms in total. The maximum absolute atomic E-state index is 12.2. The molecule has 0 aliphatic heterocycles. The first kappa shape index (κ1) is 18.9. The van der Waals surface area contributed by atoms with E-state index in [4.69, 9.17) is 9.47 Å². The molecule has 1 unspecified atom stereocenters. The van der Waals surface area contributed by atoms with Gasteiger partial charge < -0.3 is 14.8 Å². The van der Waals surface area contributed by atoms with Gasteiger partial charge in [-0.05, 0) is 44.2 Å². The number of carbonyl (C=O) groups excluding carboxylic acids is 2. The number of amides is 1. The number of nitro benzene ring substituents is 1. The van der Waals surface area contributed by atoms with Crippen molar-refractivity contribution in [3.63, 3.8) is 0 Å². The maximum Gasteiger partial charge on any atom is 0.345 e. The van der Waals surface area contributed by atoms with Gasteiger partial charge in [-0.2, -0.15) is 0 Å². The first-order chi connectivity index (χ1) is 12.4. The zero-order chi connectivity index (χ0) is 19.1. The van der Waals surface area contributed by atoms with Crippen molar-refractivity contribution >= 4 is 23.3 Å². The molecule has 2 aromatic rings. The Morgan fingerprint density at radius 1 is 1.15 bits per heavy atom. The highest BCUT2D eigenvalue weighted by Crippen LogP contribution is 2.20. The molecule has 0 aliphatic rings. The van der Waals surface area contributed by atoms with Crippen LogP contribution < -0.4 is 10.1 Å². The van der Waals surface area contributed by atoms with Crippen LogP contribution in [-0.4, -0.2) is 29.5 Å². The van der Waals surface area contributed by atoms with Crippen LogP contribution in [0, 0.1) is 10.1 Å². The maximum atomic E-state index is 12.2. The number of rotatable bonds is 7. The molecule has 0 bridgehead atoms. The Morgan fingerprint density at radius 3 is 2.42 bits per heavy atom. The van der Waals surface area contributed by atoms with Crippen molar-refractivity contribution in [3.8, 4) is 5.75 Å². The van der Waals surface area contributed by atoms with Crippen LogP contribution in [0.5, 0.6) is 5.75 Å². The summed E-state index contributed by atoms with van der Waals surface area (Å²) in [5.41, 5.74) is -0.0816. The fraction of sp³-hybridized carbons (Fsp3) is 0.222. The first-order valence-corrected chi connectivity index (χ1v) is 7.90. The lowest BCUT2D eigenvalue weighted by Crippen LogP contribution is -2.30. The molecule has 1 amide bonds. The smallest absolute Gasteiger partial charge is 0.345 e. The number of nitrogens with zero attached hydrogens (tertiary/aromatic N) is 1. The quantitative estimate of drug-likeness (QED) is 0.463. The van der Waals surface area contributed by atoms with Crippen molar-refractivity contribution in [2.24, 2.45) is 0 Å². The van der Waals surface area contributed by atoms with Crippen LogP contribution in [0.3, 0.4) is 0 Å². The minimum absolute atomic E-state index is 0.210. The third kappa shape index (κ3) is 4.79. The van der Waals surface area contributed by atoms with Gasteiger partial charge in [-0.3, -0.25) is 14.9 Å². The van der Waals surface area contributed by atoms with Crippen LogP contribution in [0.25, 0.3) is 0 Å². The van der Waals surface area contributed by atoms with E-state index in [1.807, 2.05) is 6.92 Å². The highest BCUT2D eigenvalue weighted by Gasteiger charge is 2.24. The highest BCUT2D eigenvalue weighted by atomic mass is 16.6. The number of nitrogens with one attached hydrogen (secondary N) is 1. The molecule has 0 heterocycles. The van der Waals surface area contributed by atoms with Gasteiger partial charge >= 0.3 is 5.97 Å². The van der Waals surface area contributed by atoms with Gasteiger partial charge in [-0.15, -0.1) is 0 Å². The van der Waals surface area contributed by atoms with Crippen LogP contribution in [0.2, 0.25) is 0 Å². The number of hydrogen-bond acceptors (Lipinski definition) is 6. The minimum Gasteiger partial charge on any atom is -0.494 e. The number of carbonyl (C=O) groups is 2. The van der Waals surface area contributed by atoms with Crippen LogP contribution >= 0.6 is 0 Å². The molecule has 0 radical (unpaired) electrons. The molecule has 1 N–H and O–H groups in total. The fourth-order valence-corrected chi connectivity index (χ4v) is 2.13. The van der Waals surface area contributed by atoms with E-state index in [0.717, 1.165) is 0 Å². The van der Waals surface area contributed by atoms with E-state index in [2.05, 4.69) is 5.32 Å². The van der Waals surface area contributed by atoms with Gasteiger partial charge in [0.05, 0.1) is 11.5 Å². The predicted molar refractivity (Wildman–Crippen MR) is 94.2 cm³/mol. The molecule has 26 heavy (non-hydrogen) atoms.